The molecule has 2 aromatic heterocycles. The van der Waals surface area contributed by atoms with Gasteiger partial charge in [-0.15, -0.1) is 0 Å². The van der Waals surface area contributed by atoms with Gasteiger partial charge in [-0.1, -0.05) is 48.8 Å². The minimum Gasteiger partial charge on any atom is -0.355 e. The summed E-state index contributed by atoms with van der Waals surface area (Å²) in [5, 5.41) is 17.4. The van der Waals surface area contributed by atoms with Crippen molar-refractivity contribution in [3.8, 4) is 11.3 Å². The highest BCUT2D eigenvalue weighted by molar-refractivity contribution is 6.02. The summed E-state index contributed by atoms with van der Waals surface area (Å²) < 4.78 is 6.89. The van der Waals surface area contributed by atoms with Gasteiger partial charge in [-0.2, -0.15) is 5.10 Å². The molecular weight excluding hydrogens is 384 g/mol. The number of nitrogens with one attached hydrogen (secondary N) is 3. The molecule has 2 unspecified atom stereocenters. The smallest absolute Gasteiger partial charge is 0.279 e. The number of hydrogen-bond acceptors (Lipinski definition) is 6. The summed E-state index contributed by atoms with van der Waals surface area (Å²) in [5.74, 6) is 0.492. The minimum absolute atomic E-state index is 0.0494. The summed E-state index contributed by atoms with van der Waals surface area (Å²) in [7, 11) is 0. The molecule has 1 aromatic carbocycles. The molecule has 0 radical (unpaired) electrons. The normalized spacial score (nSPS) is 18.8. The fourth-order valence-corrected chi connectivity index (χ4v) is 3.53. The molecular formula is C21H24N6O3. The number of aromatic nitrogens is 3. The van der Waals surface area contributed by atoms with E-state index in [2.05, 4.69) is 33.1 Å². The molecule has 30 heavy (non-hydrogen) atoms. The lowest BCUT2D eigenvalue weighted by atomic mass is 10.1. The van der Waals surface area contributed by atoms with Crippen LogP contribution in [0.1, 0.15) is 48.7 Å². The Morgan fingerprint density at radius 2 is 2.10 bits per heavy atom. The van der Waals surface area contributed by atoms with E-state index in [1.54, 1.807) is 16.8 Å². The highest BCUT2D eigenvalue weighted by atomic mass is 16.5. The largest absolute Gasteiger partial charge is 0.355 e. The van der Waals surface area contributed by atoms with Gasteiger partial charge in [0, 0.05) is 30.2 Å². The molecule has 156 valence electrons. The van der Waals surface area contributed by atoms with E-state index in [0.29, 0.717) is 23.7 Å². The fourth-order valence-electron chi connectivity index (χ4n) is 3.53. The van der Waals surface area contributed by atoms with Crippen LogP contribution in [0.25, 0.3) is 11.3 Å². The second kappa shape index (κ2) is 8.50. The standard InChI is InChI=1S/C21H24N6O3/c1-3-7-15-11-19(28)24-21(22-15)27-18(10-13(2)25-27)23-20(29)16-12-17(30-26-16)14-8-5-4-6-9-14/h4-6,8-10,12,15,21-22H,3,7,11H2,1-2H3,(H,23,29)(H,24,28). The Morgan fingerprint density at radius 1 is 1.30 bits per heavy atom. The lowest BCUT2D eigenvalue weighted by molar-refractivity contribution is -0.125. The van der Waals surface area contributed by atoms with Crippen LogP contribution in [0.15, 0.2) is 47.0 Å². The summed E-state index contributed by atoms with van der Waals surface area (Å²) >= 11 is 0. The van der Waals surface area contributed by atoms with Gasteiger partial charge < -0.3 is 15.2 Å². The predicted octanol–water partition coefficient (Wildman–Crippen LogP) is 2.83. The molecule has 1 aliphatic heterocycles. The number of rotatable bonds is 6. The summed E-state index contributed by atoms with van der Waals surface area (Å²) in [4.78, 5) is 24.9. The highest BCUT2D eigenvalue weighted by Crippen LogP contribution is 2.22. The van der Waals surface area contributed by atoms with Gasteiger partial charge in [0.1, 0.15) is 5.82 Å². The lowest BCUT2D eigenvalue weighted by Gasteiger charge is -2.32. The first-order valence-electron chi connectivity index (χ1n) is 9.98. The minimum atomic E-state index is -0.538. The second-order valence-electron chi connectivity index (χ2n) is 7.34. The van der Waals surface area contributed by atoms with Crippen molar-refractivity contribution < 1.29 is 14.1 Å². The SMILES string of the molecule is CCCC1CC(=O)NC(n2nc(C)cc2NC(=O)c2cc(-c3ccccc3)on2)N1. The van der Waals surface area contributed by atoms with Crippen molar-refractivity contribution in [3.63, 3.8) is 0 Å². The third-order valence-corrected chi connectivity index (χ3v) is 4.91. The van der Waals surface area contributed by atoms with E-state index in [-0.39, 0.29) is 17.6 Å². The molecule has 4 rings (SSSR count). The van der Waals surface area contributed by atoms with Crippen molar-refractivity contribution in [1.82, 2.24) is 25.6 Å². The van der Waals surface area contributed by atoms with Crippen LogP contribution in [-0.2, 0) is 4.79 Å². The monoisotopic (exact) mass is 408 g/mol. The fraction of sp³-hybridized carbons (Fsp3) is 0.333. The van der Waals surface area contributed by atoms with Crippen LogP contribution in [0, 0.1) is 6.92 Å². The number of aryl methyl sites for hydroxylation is 1. The predicted molar refractivity (Wildman–Crippen MR) is 110 cm³/mol. The van der Waals surface area contributed by atoms with Crippen molar-refractivity contribution in [2.75, 3.05) is 5.32 Å². The Morgan fingerprint density at radius 3 is 2.87 bits per heavy atom. The van der Waals surface area contributed by atoms with E-state index in [0.717, 1.165) is 18.4 Å². The van der Waals surface area contributed by atoms with Crippen molar-refractivity contribution in [1.29, 1.82) is 0 Å². The van der Waals surface area contributed by atoms with Gasteiger partial charge in [0.25, 0.3) is 5.91 Å². The van der Waals surface area contributed by atoms with Gasteiger partial charge >= 0.3 is 0 Å². The second-order valence-corrected chi connectivity index (χ2v) is 7.34. The van der Waals surface area contributed by atoms with E-state index in [1.807, 2.05) is 37.3 Å². The first-order valence-corrected chi connectivity index (χ1v) is 9.98. The number of benzene rings is 1. The van der Waals surface area contributed by atoms with Crippen LogP contribution in [0.4, 0.5) is 5.82 Å². The summed E-state index contributed by atoms with van der Waals surface area (Å²) in [6.45, 7) is 3.90. The van der Waals surface area contributed by atoms with E-state index < -0.39 is 12.2 Å². The molecule has 1 saturated heterocycles. The molecule has 9 heteroatoms. The summed E-state index contributed by atoms with van der Waals surface area (Å²) in [6, 6.07) is 12.8. The Labute approximate surface area is 173 Å². The number of carbonyl (C=O) groups is 2. The van der Waals surface area contributed by atoms with Gasteiger partial charge in [0.05, 0.1) is 5.69 Å². The quantitative estimate of drug-likeness (QED) is 0.578. The van der Waals surface area contributed by atoms with E-state index in [4.69, 9.17) is 4.52 Å². The van der Waals surface area contributed by atoms with Crippen molar-refractivity contribution in [2.24, 2.45) is 0 Å². The Bertz CT molecular complexity index is 1040. The lowest BCUT2D eigenvalue weighted by Crippen LogP contribution is -2.53. The number of nitrogens with zero attached hydrogens (tertiary/aromatic N) is 3. The van der Waals surface area contributed by atoms with Gasteiger partial charge in [-0.25, -0.2) is 4.68 Å². The molecule has 0 saturated carbocycles. The molecule has 2 atom stereocenters. The Kier molecular flexibility index (Phi) is 5.62. The van der Waals surface area contributed by atoms with Gasteiger partial charge in [-0.05, 0) is 13.3 Å². The van der Waals surface area contributed by atoms with Gasteiger partial charge in [0.15, 0.2) is 17.7 Å². The van der Waals surface area contributed by atoms with Crippen molar-refractivity contribution >= 4 is 17.6 Å². The average molecular weight is 408 g/mol. The first-order chi connectivity index (χ1) is 14.5. The third-order valence-electron chi connectivity index (χ3n) is 4.91. The van der Waals surface area contributed by atoms with E-state index >= 15 is 0 Å². The van der Waals surface area contributed by atoms with E-state index in [9.17, 15) is 9.59 Å². The van der Waals surface area contributed by atoms with Crippen LogP contribution in [-0.4, -0.2) is 32.8 Å². The zero-order chi connectivity index (χ0) is 21.1. The zero-order valence-electron chi connectivity index (χ0n) is 16.9. The number of hydrogen-bond donors (Lipinski definition) is 3. The van der Waals surface area contributed by atoms with Crippen LogP contribution in [0.5, 0.6) is 0 Å². The molecule has 0 spiro atoms. The average Bonchev–Trinajstić information content (AvgIpc) is 3.35. The van der Waals surface area contributed by atoms with Crippen LogP contribution >= 0.6 is 0 Å². The number of amides is 2. The van der Waals surface area contributed by atoms with E-state index in [1.165, 1.54) is 0 Å². The molecule has 3 heterocycles. The molecule has 3 N–H and O–H groups in total. The number of anilines is 1. The molecule has 1 fully saturated rings. The summed E-state index contributed by atoms with van der Waals surface area (Å²) in [5.41, 5.74) is 1.70. The van der Waals surface area contributed by atoms with Crippen LogP contribution in [0.2, 0.25) is 0 Å². The molecule has 1 aliphatic rings. The Hall–Kier alpha value is -3.46. The summed E-state index contributed by atoms with van der Waals surface area (Å²) in [6.07, 6.45) is 1.74. The number of carbonyl (C=O) groups excluding carboxylic acids is 2. The van der Waals surface area contributed by atoms with Gasteiger partial charge in [-0.3, -0.25) is 14.9 Å². The first kappa shape index (κ1) is 19.8. The highest BCUT2D eigenvalue weighted by Gasteiger charge is 2.29. The third kappa shape index (κ3) is 4.25. The maximum absolute atomic E-state index is 12.8. The molecule has 2 amide bonds. The molecule has 3 aromatic rings. The molecule has 0 aliphatic carbocycles. The van der Waals surface area contributed by atoms with Gasteiger partial charge in [0.2, 0.25) is 5.91 Å². The maximum atomic E-state index is 12.8. The molecule has 0 bridgehead atoms. The van der Waals surface area contributed by atoms with Crippen molar-refractivity contribution in [3.05, 3.63) is 53.9 Å². The topological polar surface area (TPSA) is 114 Å². The zero-order valence-corrected chi connectivity index (χ0v) is 16.9. The van der Waals surface area contributed by atoms with Crippen molar-refractivity contribution in [2.45, 2.75) is 45.4 Å². The van der Waals surface area contributed by atoms with Crippen LogP contribution < -0.4 is 16.0 Å². The van der Waals surface area contributed by atoms with Crippen LogP contribution in [0.3, 0.4) is 0 Å². The Balaban J connectivity index is 1.52. The molecule has 9 nitrogen and oxygen atoms in total. The maximum Gasteiger partial charge on any atom is 0.279 e.